The number of benzene rings is 3. The molecule has 182 valence electrons. The Bertz CT molecular complexity index is 1110. The average Bonchev–Trinajstić information content (AvgIpc) is 2.87. The van der Waals surface area contributed by atoms with Crippen LogP contribution >= 0.6 is 0 Å². The summed E-state index contributed by atoms with van der Waals surface area (Å²) in [5, 5.41) is 25.3. The second kappa shape index (κ2) is 12.7. The SMILES string of the molecule is COc1cccc(CNC(=O)C(Cc2ccccc2)C(=O)N[C@@H](Cc2ccc(C)cc2)B(O)O)c1. The molecule has 3 rings (SSSR count). The minimum absolute atomic E-state index is 0.176. The zero-order chi connectivity index (χ0) is 25.2. The van der Waals surface area contributed by atoms with E-state index in [4.69, 9.17) is 4.74 Å². The predicted octanol–water partition coefficient (Wildman–Crippen LogP) is 2.22. The van der Waals surface area contributed by atoms with Crippen LogP contribution in [0.15, 0.2) is 78.9 Å². The fraction of sp³-hybridized carbons (Fsp3) is 0.259. The summed E-state index contributed by atoms with van der Waals surface area (Å²) < 4.78 is 5.22. The summed E-state index contributed by atoms with van der Waals surface area (Å²) in [4.78, 5) is 26.4. The standard InChI is InChI=1S/C27H31BN2O5/c1-19-11-13-21(14-12-19)17-25(28(33)34)30-27(32)24(16-20-7-4-3-5-8-20)26(31)29-18-22-9-6-10-23(15-22)35-2/h3-15,24-25,33-34H,16-18H2,1-2H3,(H,29,31)(H,30,32)/t24?,25-/m0/s1. The number of hydrogen-bond donors (Lipinski definition) is 4. The number of hydrogen-bond acceptors (Lipinski definition) is 5. The molecule has 0 aromatic heterocycles. The predicted molar refractivity (Wildman–Crippen MR) is 135 cm³/mol. The van der Waals surface area contributed by atoms with E-state index in [1.54, 1.807) is 7.11 Å². The van der Waals surface area contributed by atoms with Crippen LogP contribution in [0.2, 0.25) is 0 Å². The van der Waals surface area contributed by atoms with Crippen LogP contribution in [0.5, 0.6) is 5.75 Å². The van der Waals surface area contributed by atoms with E-state index >= 15 is 0 Å². The van der Waals surface area contributed by atoms with Crippen LogP contribution in [0.3, 0.4) is 0 Å². The fourth-order valence-electron chi connectivity index (χ4n) is 3.74. The number of ether oxygens (including phenoxy) is 1. The summed E-state index contributed by atoms with van der Waals surface area (Å²) >= 11 is 0. The summed E-state index contributed by atoms with van der Waals surface area (Å²) in [6.45, 7) is 2.19. The van der Waals surface area contributed by atoms with E-state index in [-0.39, 0.29) is 19.4 Å². The van der Waals surface area contributed by atoms with Gasteiger partial charge in [0.15, 0.2) is 0 Å². The van der Waals surface area contributed by atoms with Gasteiger partial charge in [0.1, 0.15) is 11.7 Å². The molecule has 2 amide bonds. The molecule has 0 aliphatic heterocycles. The van der Waals surface area contributed by atoms with Crippen LogP contribution in [-0.4, -0.2) is 42.0 Å². The Morgan fingerprint density at radius 1 is 0.857 bits per heavy atom. The van der Waals surface area contributed by atoms with Crippen molar-refractivity contribution in [3.63, 3.8) is 0 Å². The van der Waals surface area contributed by atoms with Crippen molar-refractivity contribution in [2.45, 2.75) is 32.3 Å². The molecule has 0 aliphatic carbocycles. The molecular weight excluding hydrogens is 443 g/mol. The molecule has 8 heteroatoms. The smallest absolute Gasteiger partial charge is 0.475 e. The minimum Gasteiger partial charge on any atom is -0.497 e. The lowest BCUT2D eigenvalue weighted by molar-refractivity contribution is -0.135. The summed E-state index contributed by atoms with van der Waals surface area (Å²) in [6, 6.07) is 24.1. The van der Waals surface area contributed by atoms with Gasteiger partial charge < -0.3 is 25.4 Å². The zero-order valence-electron chi connectivity index (χ0n) is 20.0. The van der Waals surface area contributed by atoms with E-state index in [1.807, 2.05) is 85.8 Å². The monoisotopic (exact) mass is 474 g/mol. The van der Waals surface area contributed by atoms with Gasteiger partial charge in [-0.3, -0.25) is 9.59 Å². The van der Waals surface area contributed by atoms with Gasteiger partial charge in [0.05, 0.1) is 13.1 Å². The Morgan fingerprint density at radius 2 is 1.51 bits per heavy atom. The Balaban J connectivity index is 1.74. The average molecular weight is 474 g/mol. The highest BCUT2D eigenvalue weighted by atomic mass is 16.5. The number of carbonyl (C=O) groups excluding carboxylic acids is 2. The molecule has 0 bridgehead atoms. The number of rotatable bonds is 11. The second-order valence-electron chi connectivity index (χ2n) is 8.53. The van der Waals surface area contributed by atoms with Crippen molar-refractivity contribution in [2.75, 3.05) is 7.11 Å². The molecule has 0 saturated heterocycles. The topological polar surface area (TPSA) is 108 Å². The van der Waals surface area contributed by atoms with Crippen LogP contribution in [0.25, 0.3) is 0 Å². The molecule has 7 nitrogen and oxygen atoms in total. The Kier molecular flexibility index (Phi) is 9.46. The normalized spacial score (nSPS) is 12.3. The zero-order valence-corrected chi connectivity index (χ0v) is 20.0. The van der Waals surface area contributed by atoms with Gasteiger partial charge in [0.25, 0.3) is 0 Å². The molecule has 4 N–H and O–H groups in total. The maximum atomic E-state index is 13.2. The second-order valence-corrected chi connectivity index (χ2v) is 8.53. The van der Waals surface area contributed by atoms with Crippen LogP contribution in [-0.2, 0) is 29.0 Å². The molecule has 0 saturated carbocycles. The van der Waals surface area contributed by atoms with Gasteiger partial charge in [-0.2, -0.15) is 0 Å². The molecule has 1 unspecified atom stereocenters. The molecular formula is C27H31BN2O5. The van der Waals surface area contributed by atoms with Gasteiger partial charge in [-0.15, -0.1) is 0 Å². The molecule has 0 fully saturated rings. The van der Waals surface area contributed by atoms with Gasteiger partial charge >= 0.3 is 7.12 Å². The quantitative estimate of drug-likeness (QED) is 0.252. The fourth-order valence-corrected chi connectivity index (χ4v) is 3.74. The third kappa shape index (κ3) is 7.98. The largest absolute Gasteiger partial charge is 0.497 e. The van der Waals surface area contributed by atoms with Gasteiger partial charge in [0, 0.05) is 6.54 Å². The van der Waals surface area contributed by atoms with Crippen molar-refractivity contribution < 1.29 is 24.4 Å². The molecule has 0 radical (unpaired) electrons. The Hall–Kier alpha value is -3.62. The Labute approximate surface area is 206 Å². The third-order valence-electron chi connectivity index (χ3n) is 5.78. The molecule has 3 aromatic carbocycles. The van der Waals surface area contributed by atoms with Crippen LogP contribution < -0.4 is 15.4 Å². The van der Waals surface area contributed by atoms with Crippen molar-refractivity contribution in [1.82, 2.24) is 10.6 Å². The van der Waals surface area contributed by atoms with E-state index in [9.17, 15) is 19.6 Å². The van der Waals surface area contributed by atoms with E-state index in [0.717, 1.165) is 22.3 Å². The summed E-state index contributed by atoms with van der Waals surface area (Å²) in [7, 11) is -0.210. The van der Waals surface area contributed by atoms with Crippen molar-refractivity contribution in [1.29, 1.82) is 0 Å². The summed E-state index contributed by atoms with van der Waals surface area (Å²) in [5.74, 6) is -2.36. The van der Waals surface area contributed by atoms with Crippen LogP contribution in [0, 0.1) is 12.8 Å². The molecule has 0 aliphatic rings. The van der Waals surface area contributed by atoms with Crippen molar-refractivity contribution >= 4 is 18.9 Å². The van der Waals surface area contributed by atoms with Gasteiger partial charge in [0.2, 0.25) is 11.8 Å². The summed E-state index contributed by atoms with van der Waals surface area (Å²) in [5.41, 5.74) is 3.58. The van der Waals surface area contributed by atoms with Crippen LogP contribution in [0.1, 0.15) is 22.3 Å². The first-order valence-electron chi connectivity index (χ1n) is 11.5. The van der Waals surface area contributed by atoms with Crippen molar-refractivity contribution in [2.24, 2.45) is 5.92 Å². The Morgan fingerprint density at radius 3 is 2.17 bits per heavy atom. The highest BCUT2D eigenvalue weighted by Crippen LogP contribution is 2.15. The van der Waals surface area contributed by atoms with Crippen molar-refractivity contribution in [3.05, 3.63) is 101 Å². The molecule has 3 aromatic rings. The number of aryl methyl sites for hydroxylation is 1. The first-order valence-corrected chi connectivity index (χ1v) is 11.5. The molecule has 35 heavy (non-hydrogen) atoms. The minimum atomic E-state index is -1.78. The molecule has 0 heterocycles. The van der Waals surface area contributed by atoms with E-state index in [0.29, 0.717) is 5.75 Å². The van der Waals surface area contributed by atoms with E-state index < -0.39 is 30.8 Å². The highest BCUT2D eigenvalue weighted by Gasteiger charge is 2.32. The number of carbonyl (C=O) groups is 2. The van der Waals surface area contributed by atoms with Crippen LogP contribution in [0.4, 0.5) is 0 Å². The van der Waals surface area contributed by atoms with E-state index in [2.05, 4.69) is 10.6 Å². The van der Waals surface area contributed by atoms with Gasteiger partial charge in [-0.05, 0) is 48.6 Å². The highest BCUT2D eigenvalue weighted by molar-refractivity contribution is 6.43. The number of nitrogens with one attached hydrogen (secondary N) is 2. The first-order chi connectivity index (χ1) is 16.9. The first kappa shape index (κ1) is 26.0. The lowest BCUT2D eigenvalue weighted by atomic mass is 9.75. The van der Waals surface area contributed by atoms with E-state index in [1.165, 1.54) is 0 Å². The number of methoxy groups -OCH3 is 1. The lowest BCUT2D eigenvalue weighted by Crippen LogP contribution is -2.52. The summed E-state index contributed by atoms with van der Waals surface area (Å²) in [6.07, 6.45) is 0.391. The lowest BCUT2D eigenvalue weighted by Gasteiger charge is -2.22. The molecule has 0 spiro atoms. The molecule has 2 atom stereocenters. The van der Waals surface area contributed by atoms with Crippen molar-refractivity contribution in [3.8, 4) is 5.75 Å². The van der Waals surface area contributed by atoms with Gasteiger partial charge in [-0.25, -0.2) is 0 Å². The maximum absolute atomic E-state index is 13.2. The maximum Gasteiger partial charge on any atom is 0.475 e. The van der Waals surface area contributed by atoms with Gasteiger partial charge in [-0.1, -0.05) is 72.3 Å². The number of amides is 2. The third-order valence-corrected chi connectivity index (χ3v) is 5.78.